The fraction of sp³-hybridized carbons (Fsp3) is 0.462. The standard InChI is InChI=1S/C26H36FN3O4S/c1-6-20(3)28-26(32)21(4)29(18-22-12-7-8-14-24(22)27)25(31)15-10-16-30(35(5,33)34)23-13-9-11-19(2)17-23/h7-9,11-14,17,20-21H,6,10,15-16,18H2,1-5H3,(H,28,32)/t20-,21+/m1/s1. The van der Waals surface area contributed by atoms with Gasteiger partial charge in [0.1, 0.15) is 11.9 Å². The van der Waals surface area contributed by atoms with Crippen molar-refractivity contribution in [1.29, 1.82) is 0 Å². The van der Waals surface area contributed by atoms with Crippen LogP contribution in [0.1, 0.15) is 51.2 Å². The third kappa shape index (κ3) is 8.35. The van der Waals surface area contributed by atoms with E-state index in [1.54, 1.807) is 43.3 Å². The number of nitrogens with zero attached hydrogens (tertiary/aromatic N) is 2. The van der Waals surface area contributed by atoms with Crippen LogP contribution in [0.25, 0.3) is 0 Å². The van der Waals surface area contributed by atoms with Crippen molar-refractivity contribution >= 4 is 27.5 Å². The van der Waals surface area contributed by atoms with E-state index in [0.29, 0.717) is 11.3 Å². The Morgan fingerprint density at radius 3 is 2.37 bits per heavy atom. The zero-order chi connectivity index (χ0) is 26.2. The number of amides is 2. The average Bonchev–Trinajstić information content (AvgIpc) is 2.79. The van der Waals surface area contributed by atoms with E-state index < -0.39 is 21.9 Å². The highest BCUT2D eigenvalue weighted by molar-refractivity contribution is 7.92. The summed E-state index contributed by atoms with van der Waals surface area (Å²) in [5.41, 5.74) is 1.76. The summed E-state index contributed by atoms with van der Waals surface area (Å²) < 4.78 is 40.4. The lowest BCUT2D eigenvalue weighted by atomic mass is 10.1. The molecule has 35 heavy (non-hydrogen) atoms. The molecule has 1 N–H and O–H groups in total. The molecule has 192 valence electrons. The van der Waals surface area contributed by atoms with Gasteiger partial charge < -0.3 is 10.2 Å². The Balaban J connectivity index is 2.19. The Hall–Kier alpha value is -2.94. The van der Waals surface area contributed by atoms with E-state index in [1.807, 2.05) is 26.8 Å². The minimum Gasteiger partial charge on any atom is -0.352 e. The van der Waals surface area contributed by atoms with Crippen LogP contribution in [0.15, 0.2) is 48.5 Å². The second kappa shape index (κ2) is 12.7. The van der Waals surface area contributed by atoms with Gasteiger partial charge in [-0.15, -0.1) is 0 Å². The van der Waals surface area contributed by atoms with E-state index in [9.17, 15) is 22.4 Å². The van der Waals surface area contributed by atoms with Crippen molar-refractivity contribution in [3.63, 3.8) is 0 Å². The molecule has 0 saturated heterocycles. The Labute approximate surface area is 208 Å². The van der Waals surface area contributed by atoms with Crippen molar-refractivity contribution in [2.24, 2.45) is 0 Å². The highest BCUT2D eigenvalue weighted by Crippen LogP contribution is 2.20. The first-order chi connectivity index (χ1) is 16.4. The summed E-state index contributed by atoms with van der Waals surface area (Å²) in [4.78, 5) is 27.4. The molecule has 0 heterocycles. The molecule has 9 heteroatoms. The van der Waals surface area contributed by atoms with Crippen molar-refractivity contribution < 1.29 is 22.4 Å². The number of hydrogen-bond donors (Lipinski definition) is 1. The van der Waals surface area contributed by atoms with Crippen LogP contribution in [-0.4, -0.2) is 50.0 Å². The van der Waals surface area contributed by atoms with Crippen molar-refractivity contribution in [3.8, 4) is 0 Å². The lowest BCUT2D eigenvalue weighted by Crippen LogP contribution is -2.49. The van der Waals surface area contributed by atoms with Gasteiger partial charge in [-0.3, -0.25) is 13.9 Å². The maximum atomic E-state index is 14.3. The van der Waals surface area contributed by atoms with Crippen molar-refractivity contribution in [1.82, 2.24) is 10.2 Å². The van der Waals surface area contributed by atoms with E-state index in [0.717, 1.165) is 18.2 Å². The molecule has 0 saturated carbocycles. The van der Waals surface area contributed by atoms with Gasteiger partial charge in [0, 0.05) is 31.1 Å². The smallest absolute Gasteiger partial charge is 0.242 e. The van der Waals surface area contributed by atoms with Gasteiger partial charge in [-0.25, -0.2) is 12.8 Å². The normalized spacial score (nSPS) is 13.1. The minimum absolute atomic E-state index is 0.00718. The number of rotatable bonds is 12. The molecule has 2 amide bonds. The highest BCUT2D eigenvalue weighted by Gasteiger charge is 2.28. The summed E-state index contributed by atoms with van der Waals surface area (Å²) in [5, 5.41) is 2.87. The van der Waals surface area contributed by atoms with Gasteiger partial charge in [0.2, 0.25) is 21.8 Å². The van der Waals surface area contributed by atoms with Crippen LogP contribution in [0.2, 0.25) is 0 Å². The highest BCUT2D eigenvalue weighted by atomic mass is 32.2. The monoisotopic (exact) mass is 505 g/mol. The first-order valence-corrected chi connectivity index (χ1v) is 13.7. The molecular formula is C26H36FN3O4S. The zero-order valence-corrected chi connectivity index (χ0v) is 21.9. The van der Waals surface area contributed by atoms with Gasteiger partial charge in [0.15, 0.2) is 0 Å². The van der Waals surface area contributed by atoms with Crippen molar-refractivity contribution in [3.05, 3.63) is 65.5 Å². The van der Waals surface area contributed by atoms with E-state index in [4.69, 9.17) is 0 Å². The third-order valence-electron chi connectivity index (χ3n) is 5.91. The number of carbonyl (C=O) groups is 2. The number of halogens is 1. The molecule has 2 atom stereocenters. The molecular weight excluding hydrogens is 469 g/mol. The fourth-order valence-corrected chi connectivity index (χ4v) is 4.60. The molecule has 0 aliphatic rings. The van der Waals surface area contributed by atoms with E-state index in [1.165, 1.54) is 15.3 Å². The fourth-order valence-electron chi connectivity index (χ4n) is 3.65. The van der Waals surface area contributed by atoms with Crippen LogP contribution in [0.3, 0.4) is 0 Å². The van der Waals surface area contributed by atoms with Gasteiger partial charge in [0.25, 0.3) is 0 Å². The second-order valence-corrected chi connectivity index (χ2v) is 10.8. The van der Waals surface area contributed by atoms with Crippen molar-refractivity contribution in [2.75, 3.05) is 17.1 Å². The molecule has 0 unspecified atom stereocenters. The van der Waals surface area contributed by atoms with E-state index >= 15 is 0 Å². The summed E-state index contributed by atoms with van der Waals surface area (Å²) in [6.07, 6.45) is 2.11. The van der Waals surface area contributed by atoms with Crippen molar-refractivity contribution in [2.45, 2.75) is 65.6 Å². The number of hydrogen-bond acceptors (Lipinski definition) is 4. The van der Waals surface area contributed by atoms with Gasteiger partial charge in [0.05, 0.1) is 11.9 Å². The SMILES string of the molecule is CC[C@@H](C)NC(=O)[C@H](C)N(Cc1ccccc1F)C(=O)CCCN(c1cccc(C)c1)S(C)(=O)=O. The Bertz CT molecular complexity index is 1120. The van der Waals surface area contributed by atoms with Gasteiger partial charge in [-0.1, -0.05) is 37.3 Å². The van der Waals surface area contributed by atoms with Crippen LogP contribution >= 0.6 is 0 Å². The number of aryl methyl sites for hydroxylation is 1. The maximum Gasteiger partial charge on any atom is 0.242 e. The summed E-state index contributed by atoms with van der Waals surface area (Å²) in [7, 11) is -3.56. The number of carbonyl (C=O) groups excluding carboxylic acids is 2. The van der Waals surface area contributed by atoms with Crippen LogP contribution in [0.4, 0.5) is 10.1 Å². The molecule has 0 fully saturated rings. The Morgan fingerprint density at radius 1 is 1.09 bits per heavy atom. The molecule has 0 radical (unpaired) electrons. The first-order valence-electron chi connectivity index (χ1n) is 11.8. The first kappa shape index (κ1) is 28.3. The number of benzene rings is 2. The van der Waals surface area contributed by atoms with Crippen LogP contribution < -0.4 is 9.62 Å². The van der Waals surface area contributed by atoms with Gasteiger partial charge >= 0.3 is 0 Å². The summed E-state index contributed by atoms with van der Waals surface area (Å²) in [6, 6.07) is 12.4. The Morgan fingerprint density at radius 2 is 1.77 bits per heavy atom. The number of sulfonamides is 1. The minimum atomic E-state index is -3.56. The number of nitrogens with one attached hydrogen (secondary N) is 1. The van der Waals surface area contributed by atoms with Crippen LogP contribution in [0.5, 0.6) is 0 Å². The average molecular weight is 506 g/mol. The van der Waals surface area contributed by atoms with E-state index in [2.05, 4.69) is 5.32 Å². The third-order valence-corrected chi connectivity index (χ3v) is 7.10. The van der Waals surface area contributed by atoms with Gasteiger partial charge in [-0.2, -0.15) is 0 Å². The summed E-state index contributed by atoms with van der Waals surface area (Å²) in [6.45, 7) is 7.35. The topological polar surface area (TPSA) is 86.8 Å². The quantitative estimate of drug-likeness (QED) is 0.472. The lowest BCUT2D eigenvalue weighted by molar-refractivity contribution is -0.141. The molecule has 0 bridgehead atoms. The predicted molar refractivity (Wildman–Crippen MR) is 137 cm³/mol. The van der Waals surface area contributed by atoms with Crippen LogP contribution in [0, 0.1) is 12.7 Å². The molecule has 0 spiro atoms. The van der Waals surface area contributed by atoms with E-state index in [-0.39, 0.29) is 43.8 Å². The van der Waals surface area contributed by atoms with Crippen LogP contribution in [-0.2, 0) is 26.2 Å². The molecule has 2 aromatic rings. The lowest BCUT2D eigenvalue weighted by Gasteiger charge is -2.30. The molecule has 2 aromatic carbocycles. The molecule has 7 nitrogen and oxygen atoms in total. The molecule has 0 aliphatic heterocycles. The zero-order valence-electron chi connectivity index (χ0n) is 21.1. The summed E-state index contributed by atoms with van der Waals surface area (Å²) in [5.74, 6) is -1.12. The Kier molecular flexibility index (Phi) is 10.2. The maximum absolute atomic E-state index is 14.3. The molecule has 0 aromatic heterocycles. The molecule has 2 rings (SSSR count). The number of anilines is 1. The molecule has 0 aliphatic carbocycles. The largest absolute Gasteiger partial charge is 0.352 e. The predicted octanol–water partition coefficient (Wildman–Crippen LogP) is 4.01. The van der Waals surface area contributed by atoms with Gasteiger partial charge in [-0.05, 0) is 57.4 Å². The summed E-state index contributed by atoms with van der Waals surface area (Å²) >= 11 is 0. The second-order valence-electron chi connectivity index (χ2n) is 8.88.